The van der Waals surface area contributed by atoms with E-state index in [9.17, 15) is 9.90 Å². The van der Waals surface area contributed by atoms with E-state index in [0.717, 1.165) is 43.6 Å². The van der Waals surface area contributed by atoms with E-state index in [1.165, 1.54) is 12.8 Å². The molecule has 1 amide bonds. The van der Waals surface area contributed by atoms with Crippen molar-refractivity contribution in [3.05, 3.63) is 35.9 Å². The summed E-state index contributed by atoms with van der Waals surface area (Å²) in [6, 6.07) is 10.4. The minimum absolute atomic E-state index is 0.0799. The predicted octanol–water partition coefficient (Wildman–Crippen LogP) is 1.98. The summed E-state index contributed by atoms with van der Waals surface area (Å²) in [5.74, 6) is 0.0799. The molecule has 6 nitrogen and oxygen atoms in total. The van der Waals surface area contributed by atoms with Gasteiger partial charge in [-0.25, -0.2) is 5.01 Å². The summed E-state index contributed by atoms with van der Waals surface area (Å²) in [5, 5.41) is 20.8. The number of aliphatic hydroxyl groups is 1. The standard InChI is InChI=1S/C22H32N4O2/c27-21-11-10-19(18-7-2-1-3-8-18)24-26(21)16-13-23-17-22(28)12-6-15-25-14-5-4-9-20(22)25/h1-3,7-8,20,23,28H,4-6,9-17H2/t20-,22-/m1/s1. The Bertz CT molecular complexity index is 706. The van der Waals surface area contributed by atoms with Crippen molar-refractivity contribution < 1.29 is 9.90 Å². The molecule has 2 N–H and O–H groups in total. The lowest BCUT2D eigenvalue weighted by atomic mass is 9.79. The molecule has 28 heavy (non-hydrogen) atoms. The number of piperidine rings is 2. The molecule has 3 aliphatic rings. The Morgan fingerprint density at radius 1 is 1.14 bits per heavy atom. The van der Waals surface area contributed by atoms with E-state index < -0.39 is 5.60 Å². The predicted molar refractivity (Wildman–Crippen MR) is 110 cm³/mol. The Labute approximate surface area is 167 Å². The van der Waals surface area contributed by atoms with Crippen molar-refractivity contribution in [1.29, 1.82) is 0 Å². The highest BCUT2D eigenvalue weighted by atomic mass is 16.3. The average molecular weight is 385 g/mol. The first-order valence-corrected chi connectivity index (χ1v) is 10.8. The van der Waals surface area contributed by atoms with Crippen molar-refractivity contribution in [3.63, 3.8) is 0 Å². The molecule has 3 aliphatic heterocycles. The normalized spacial score (nSPS) is 28.8. The van der Waals surface area contributed by atoms with Gasteiger partial charge in [0.1, 0.15) is 0 Å². The molecule has 2 atom stereocenters. The van der Waals surface area contributed by atoms with Gasteiger partial charge in [-0.3, -0.25) is 9.69 Å². The number of hydrazone groups is 1. The summed E-state index contributed by atoms with van der Waals surface area (Å²) in [6.07, 6.45) is 6.68. The van der Waals surface area contributed by atoms with Crippen LogP contribution >= 0.6 is 0 Å². The third kappa shape index (κ3) is 4.29. The number of carbonyl (C=O) groups is 1. The maximum Gasteiger partial charge on any atom is 0.243 e. The van der Waals surface area contributed by atoms with Crippen LogP contribution in [0.2, 0.25) is 0 Å². The second kappa shape index (κ2) is 8.72. The smallest absolute Gasteiger partial charge is 0.243 e. The zero-order valence-corrected chi connectivity index (χ0v) is 16.6. The zero-order valence-electron chi connectivity index (χ0n) is 16.6. The van der Waals surface area contributed by atoms with Crippen LogP contribution in [0.25, 0.3) is 0 Å². The number of fused-ring (bicyclic) bond motifs is 1. The first-order valence-electron chi connectivity index (χ1n) is 10.8. The summed E-state index contributed by atoms with van der Waals surface area (Å²) in [4.78, 5) is 14.7. The van der Waals surface area contributed by atoms with E-state index in [0.29, 0.717) is 32.5 Å². The molecule has 0 aromatic heterocycles. The van der Waals surface area contributed by atoms with E-state index in [-0.39, 0.29) is 11.9 Å². The van der Waals surface area contributed by atoms with Gasteiger partial charge in [0.05, 0.1) is 17.9 Å². The molecule has 2 saturated heterocycles. The van der Waals surface area contributed by atoms with Crippen LogP contribution in [0.3, 0.4) is 0 Å². The van der Waals surface area contributed by atoms with Crippen LogP contribution in [-0.2, 0) is 4.79 Å². The molecule has 1 aromatic rings. The van der Waals surface area contributed by atoms with Gasteiger partial charge in [0.25, 0.3) is 0 Å². The minimum Gasteiger partial charge on any atom is -0.387 e. The van der Waals surface area contributed by atoms with Crippen LogP contribution in [0.1, 0.15) is 50.5 Å². The fourth-order valence-corrected chi connectivity index (χ4v) is 4.93. The molecule has 0 aliphatic carbocycles. The van der Waals surface area contributed by atoms with Crippen LogP contribution in [0.4, 0.5) is 0 Å². The highest BCUT2D eigenvalue weighted by Crippen LogP contribution is 2.33. The molecular weight excluding hydrogens is 352 g/mol. The molecule has 0 radical (unpaired) electrons. The molecule has 0 saturated carbocycles. The fourth-order valence-electron chi connectivity index (χ4n) is 4.93. The van der Waals surface area contributed by atoms with E-state index in [1.54, 1.807) is 5.01 Å². The number of nitrogens with zero attached hydrogens (tertiary/aromatic N) is 3. The van der Waals surface area contributed by atoms with E-state index >= 15 is 0 Å². The third-order valence-electron chi connectivity index (χ3n) is 6.43. The first kappa shape index (κ1) is 19.6. The topological polar surface area (TPSA) is 68.2 Å². The number of hydrogen-bond acceptors (Lipinski definition) is 5. The van der Waals surface area contributed by atoms with Crippen molar-refractivity contribution in [2.45, 2.75) is 56.6 Å². The van der Waals surface area contributed by atoms with Gasteiger partial charge >= 0.3 is 0 Å². The Kier molecular flexibility index (Phi) is 6.09. The van der Waals surface area contributed by atoms with Crippen LogP contribution < -0.4 is 5.32 Å². The zero-order chi connectivity index (χ0) is 19.4. The third-order valence-corrected chi connectivity index (χ3v) is 6.43. The Morgan fingerprint density at radius 3 is 2.82 bits per heavy atom. The van der Waals surface area contributed by atoms with Crippen molar-refractivity contribution in [3.8, 4) is 0 Å². The van der Waals surface area contributed by atoms with Crippen molar-refractivity contribution in [1.82, 2.24) is 15.2 Å². The minimum atomic E-state index is -0.650. The SMILES string of the molecule is O=C1CCC(c2ccccc2)=NN1CCNC[C@]1(O)CCCN2CCCC[C@@H]21. The lowest BCUT2D eigenvalue weighted by molar-refractivity contribution is -0.131. The second-order valence-electron chi connectivity index (χ2n) is 8.36. The highest BCUT2D eigenvalue weighted by Gasteiger charge is 2.43. The van der Waals surface area contributed by atoms with Gasteiger partial charge in [0.15, 0.2) is 0 Å². The second-order valence-corrected chi connectivity index (χ2v) is 8.36. The lowest BCUT2D eigenvalue weighted by Crippen LogP contribution is -2.62. The summed E-state index contributed by atoms with van der Waals surface area (Å²) in [6.45, 7) is 4.01. The monoisotopic (exact) mass is 384 g/mol. The number of amides is 1. The quantitative estimate of drug-likeness (QED) is 0.736. The number of nitrogens with one attached hydrogen (secondary N) is 1. The van der Waals surface area contributed by atoms with Gasteiger partial charge in [-0.1, -0.05) is 36.8 Å². The molecule has 0 spiro atoms. The first-order chi connectivity index (χ1) is 13.7. The molecule has 4 rings (SSSR count). The van der Waals surface area contributed by atoms with E-state index in [4.69, 9.17) is 0 Å². The molecule has 3 heterocycles. The van der Waals surface area contributed by atoms with Gasteiger partial charge in [-0.15, -0.1) is 0 Å². The summed E-state index contributed by atoms with van der Waals surface area (Å²) in [7, 11) is 0. The van der Waals surface area contributed by atoms with Crippen LogP contribution in [0.15, 0.2) is 35.4 Å². The van der Waals surface area contributed by atoms with Crippen LogP contribution in [0.5, 0.6) is 0 Å². The molecule has 6 heteroatoms. The van der Waals surface area contributed by atoms with Crippen molar-refractivity contribution in [2.24, 2.45) is 5.10 Å². The number of rotatable bonds is 6. The number of carbonyl (C=O) groups excluding carboxylic acids is 1. The van der Waals surface area contributed by atoms with Crippen molar-refractivity contribution in [2.75, 3.05) is 32.7 Å². The average Bonchev–Trinajstić information content (AvgIpc) is 2.73. The molecule has 0 bridgehead atoms. The summed E-state index contributed by atoms with van der Waals surface area (Å²) in [5.41, 5.74) is 1.41. The van der Waals surface area contributed by atoms with Gasteiger partial charge < -0.3 is 10.4 Å². The van der Waals surface area contributed by atoms with Gasteiger partial charge in [0, 0.05) is 32.0 Å². The van der Waals surface area contributed by atoms with Gasteiger partial charge in [-0.05, 0) is 44.3 Å². The van der Waals surface area contributed by atoms with Crippen LogP contribution in [-0.4, -0.2) is 71.0 Å². The highest BCUT2D eigenvalue weighted by molar-refractivity contribution is 6.04. The molecule has 0 unspecified atom stereocenters. The van der Waals surface area contributed by atoms with Gasteiger partial charge in [-0.2, -0.15) is 5.10 Å². The lowest BCUT2D eigenvalue weighted by Gasteiger charge is -2.49. The Hall–Kier alpha value is -1.76. The number of hydrogen-bond donors (Lipinski definition) is 2. The number of benzene rings is 1. The maximum absolute atomic E-state index is 12.3. The van der Waals surface area contributed by atoms with E-state index in [2.05, 4.69) is 15.3 Å². The van der Waals surface area contributed by atoms with Gasteiger partial charge in [0.2, 0.25) is 5.91 Å². The molecule has 2 fully saturated rings. The fraction of sp³-hybridized carbons (Fsp3) is 0.636. The maximum atomic E-state index is 12.3. The Balaban J connectivity index is 1.31. The molecule has 152 valence electrons. The largest absolute Gasteiger partial charge is 0.387 e. The van der Waals surface area contributed by atoms with Crippen LogP contribution in [0, 0.1) is 0 Å². The Morgan fingerprint density at radius 2 is 1.96 bits per heavy atom. The molecule has 1 aromatic carbocycles. The van der Waals surface area contributed by atoms with E-state index in [1.807, 2.05) is 30.3 Å². The molecular formula is C22H32N4O2. The van der Waals surface area contributed by atoms with Crippen molar-refractivity contribution >= 4 is 11.6 Å². The summed E-state index contributed by atoms with van der Waals surface area (Å²) >= 11 is 0. The summed E-state index contributed by atoms with van der Waals surface area (Å²) < 4.78 is 0.